The summed E-state index contributed by atoms with van der Waals surface area (Å²) in [5.74, 6) is -0.914. The molecule has 0 aromatic carbocycles. The Morgan fingerprint density at radius 2 is 2.00 bits per heavy atom. The van der Waals surface area contributed by atoms with Gasteiger partial charge in [0.15, 0.2) is 0 Å². The number of nitrogens with zero attached hydrogens (tertiary/aromatic N) is 2. The van der Waals surface area contributed by atoms with Crippen LogP contribution in [-0.2, 0) is 4.79 Å². The second kappa shape index (κ2) is 11.1. The Morgan fingerprint density at radius 3 is 2.52 bits per heavy atom. The van der Waals surface area contributed by atoms with Gasteiger partial charge in [-0.2, -0.15) is 11.8 Å². The maximum atomic E-state index is 12.5. The Morgan fingerprint density at radius 1 is 1.28 bits per heavy atom. The Kier molecular flexibility index (Phi) is 9.47. The highest BCUT2D eigenvalue weighted by Crippen LogP contribution is 2.08. The van der Waals surface area contributed by atoms with Crippen LogP contribution in [-0.4, -0.2) is 62.9 Å². The van der Waals surface area contributed by atoms with Crippen LogP contribution in [0.2, 0.25) is 0 Å². The molecule has 0 unspecified atom stereocenters. The maximum Gasteiger partial charge on any atom is 0.475 e. The number of hydrogen-bond acceptors (Lipinski definition) is 7. The zero-order valence-electron chi connectivity index (χ0n) is 14.7. The number of nitrogens with one attached hydrogen (secondary N) is 2. The molecule has 0 radical (unpaired) electrons. The molecule has 0 saturated carbocycles. The molecule has 0 spiro atoms. The molecule has 0 fully saturated rings. The predicted molar refractivity (Wildman–Crippen MR) is 97.9 cm³/mol. The van der Waals surface area contributed by atoms with E-state index in [1.807, 2.05) is 20.1 Å². The van der Waals surface area contributed by atoms with E-state index in [2.05, 4.69) is 20.6 Å². The fraction of sp³-hybridized carbons (Fsp3) is 0.600. The van der Waals surface area contributed by atoms with Crippen LogP contribution in [0, 0.1) is 5.92 Å². The largest absolute Gasteiger partial charge is 0.475 e. The molecule has 0 aliphatic heterocycles. The lowest BCUT2D eigenvalue weighted by Gasteiger charge is -2.24. The van der Waals surface area contributed by atoms with Crippen molar-refractivity contribution in [2.75, 3.05) is 12.0 Å². The third-order valence-electron chi connectivity index (χ3n) is 3.44. The van der Waals surface area contributed by atoms with Crippen LogP contribution in [0.3, 0.4) is 0 Å². The summed E-state index contributed by atoms with van der Waals surface area (Å²) in [5, 5.41) is 24.2. The molecule has 1 aromatic rings. The Balaban J connectivity index is 2.78. The van der Waals surface area contributed by atoms with Crippen molar-refractivity contribution in [1.82, 2.24) is 20.6 Å². The van der Waals surface area contributed by atoms with Crippen LogP contribution < -0.4 is 10.6 Å². The fourth-order valence-electron chi connectivity index (χ4n) is 2.20. The SMILES string of the molecule is CSCC[C@H](NC(=O)c1cnccn1)C(=O)N[C@@H](CC(C)C)B(O)O. The minimum absolute atomic E-state index is 0.116. The molecular formula is C15H25BN4O4S. The molecule has 1 rings (SSSR count). The van der Waals surface area contributed by atoms with Gasteiger partial charge in [0.25, 0.3) is 5.91 Å². The van der Waals surface area contributed by atoms with E-state index in [9.17, 15) is 19.6 Å². The van der Waals surface area contributed by atoms with Crippen LogP contribution >= 0.6 is 11.8 Å². The molecule has 0 aliphatic rings. The van der Waals surface area contributed by atoms with Gasteiger partial charge in [0.05, 0.1) is 12.1 Å². The molecule has 2 atom stereocenters. The van der Waals surface area contributed by atoms with Crippen LogP contribution in [0.15, 0.2) is 18.6 Å². The van der Waals surface area contributed by atoms with Crippen LogP contribution in [0.1, 0.15) is 37.2 Å². The van der Waals surface area contributed by atoms with E-state index in [0.717, 1.165) is 0 Å². The third-order valence-corrected chi connectivity index (χ3v) is 4.09. The Labute approximate surface area is 152 Å². The molecule has 0 bridgehead atoms. The molecular weight excluding hydrogens is 343 g/mol. The van der Waals surface area contributed by atoms with Gasteiger partial charge >= 0.3 is 7.12 Å². The number of aromatic nitrogens is 2. The highest BCUT2D eigenvalue weighted by molar-refractivity contribution is 7.98. The number of amides is 2. The summed E-state index contributed by atoms with van der Waals surface area (Å²) >= 11 is 1.55. The first kappa shape index (κ1) is 21.4. The number of thioether (sulfide) groups is 1. The van der Waals surface area contributed by atoms with Crippen molar-refractivity contribution in [2.24, 2.45) is 5.92 Å². The van der Waals surface area contributed by atoms with Crippen LogP contribution in [0.25, 0.3) is 0 Å². The molecule has 4 N–H and O–H groups in total. The molecule has 2 amide bonds. The summed E-state index contributed by atoms with van der Waals surface area (Å²) in [6.45, 7) is 3.84. The first-order valence-corrected chi connectivity index (χ1v) is 9.46. The van der Waals surface area contributed by atoms with Gasteiger partial charge in [0.2, 0.25) is 5.91 Å². The van der Waals surface area contributed by atoms with Gasteiger partial charge in [0.1, 0.15) is 11.7 Å². The number of carbonyl (C=O) groups is 2. The van der Waals surface area contributed by atoms with E-state index < -0.39 is 30.9 Å². The summed E-state index contributed by atoms with van der Waals surface area (Å²) in [6, 6.07) is -0.796. The van der Waals surface area contributed by atoms with E-state index in [0.29, 0.717) is 18.6 Å². The smallest absolute Gasteiger partial charge is 0.426 e. The summed E-state index contributed by atoms with van der Waals surface area (Å²) in [7, 11) is -1.66. The average molecular weight is 368 g/mol. The number of rotatable bonds is 10. The second-order valence-corrected chi connectivity index (χ2v) is 7.04. The molecule has 1 heterocycles. The Hall–Kier alpha value is -1.65. The highest BCUT2D eigenvalue weighted by Gasteiger charge is 2.30. The highest BCUT2D eigenvalue weighted by atomic mass is 32.2. The van der Waals surface area contributed by atoms with Crippen molar-refractivity contribution in [2.45, 2.75) is 38.7 Å². The minimum Gasteiger partial charge on any atom is -0.426 e. The van der Waals surface area contributed by atoms with Crippen molar-refractivity contribution in [3.63, 3.8) is 0 Å². The molecule has 1 aromatic heterocycles. The van der Waals surface area contributed by atoms with Crippen molar-refractivity contribution in [3.8, 4) is 0 Å². The predicted octanol–water partition coefficient (Wildman–Crippen LogP) is -0.129. The quantitative estimate of drug-likeness (QED) is 0.424. The zero-order chi connectivity index (χ0) is 18.8. The standard InChI is InChI=1S/C15H25BN4O4S/c1-10(2)8-13(16(23)24)20-14(21)11(4-7-25-3)19-15(22)12-9-17-5-6-18-12/h5-6,9-11,13,23-24H,4,7-8H2,1-3H3,(H,19,22)(H,20,21)/t11-,13-/m0/s1. The topological polar surface area (TPSA) is 124 Å². The fourth-order valence-corrected chi connectivity index (χ4v) is 2.67. The van der Waals surface area contributed by atoms with Gasteiger partial charge < -0.3 is 20.7 Å². The molecule has 10 heteroatoms. The lowest BCUT2D eigenvalue weighted by atomic mass is 9.75. The lowest BCUT2D eigenvalue weighted by molar-refractivity contribution is -0.123. The zero-order valence-corrected chi connectivity index (χ0v) is 15.5. The molecule has 8 nitrogen and oxygen atoms in total. The van der Waals surface area contributed by atoms with E-state index in [1.165, 1.54) is 18.6 Å². The normalized spacial score (nSPS) is 13.2. The van der Waals surface area contributed by atoms with Crippen LogP contribution in [0.5, 0.6) is 0 Å². The van der Waals surface area contributed by atoms with E-state index >= 15 is 0 Å². The van der Waals surface area contributed by atoms with Gasteiger partial charge in [-0.3, -0.25) is 14.6 Å². The number of carbonyl (C=O) groups excluding carboxylic acids is 2. The van der Waals surface area contributed by atoms with Crippen LogP contribution in [0.4, 0.5) is 0 Å². The van der Waals surface area contributed by atoms with Crippen molar-refractivity contribution in [3.05, 3.63) is 24.3 Å². The monoisotopic (exact) mass is 368 g/mol. The third kappa shape index (κ3) is 7.85. The van der Waals surface area contributed by atoms with E-state index in [-0.39, 0.29) is 11.6 Å². The summed E-state index contributed by atoms with van der Waals surface area (Å²) in [6.07, 6.45) is 6.89. The number of hydrogen-bond donors (Lipinski definition) is 4. The van der Waals surface area contributed by atoms with Gasteiger partial charge in [-0.15, -0.1) is 0 Å². The van der Waals surface area contributed by atoms with Gasteiger partial charge in [0, 0.05) is 12.4 Å². The van der Waals surface area contributed by atoms with Gasteiger partial charge in [-0.05, 0) is 30.8 Å². The lowest BCUT2D eigenvalue weighted by Crippen LogP contribution is -2.54. The van der Waals surface area contributed by atoms with Gasteiger partial charge in [-0.1, -0.05) is 13.8 Å². The molecule has 0 aliphatic carbocycles. The first-order valence-electron chi connectivity index (χ1n) is 8.07. The Bertz CT molecular complexity index is 548. The molecule has 0 saturated heterocycles. The van der Waals surface area contributed by atoms with Crippen molar-refractivity contribution < 1.29 is 19.6 Å². The summed E-state index contributed by atoms with van der Waals surface area (Å²) < 4.78 is 0. The van der Waals surface area contributed by atoms with Crippen molar-refractivity contribution in [1.29, 1.82) is 0 Å². The molecule has 25 heavy (non-hydrogen) atoms. The van der Waals surface area contributed by atoms with Crippen molar-refractivity contribution >= 4 is 30.7 Å². The molecule has 138 valence electrons. The van der Waals surface area contributed by atoms with Gasteiger partial charge in [-0.25, -0.2) is 4.98 Å². The minimum atomic E-state index is -1.66. The second-order valence-electron chi connectivity index (χ2n) is 6.06. The maximum absolute atomic E-state index is 12.5. The van der Waals surface area contributed by atoms with E-state index in [1.54, 1.807) is 11.8 Å². The average Bonchev–Trinajstić information content (AvgIpc) is 2.57. The van der Waals surface area contributed by atoms with E-state index in [4.69, 9.17) is 0 Å². The summed E-state index contributed by atoms with van der Waals surface area (Å²) in [5.41, 5.74) is 0.116. The first-order chi connectivity index (χ1) is 11.8. The summed E-state index contributed by atoms with van der Waals surface area (Å²) in [4.78, 5) is 32.5.